The average molecular weight is 448 g/mol. The van der Waals surface area contributed by atoms with E-state index in [0.29, 0.717) is 33.4 Å². The number of aromatic nitrogens is 3. The summed E-state index contributed by atoms with van der Waals surface area (Å²) in [5.74, 6) is 0.671. The minimum atomic E-state index is -4.48. The van der Waals surface area contributed by atoms with Crippen LogP contribution < -0.4 is 10.1 Å². The zero-order chi connectivity index (χ0) is 22.0. The van der Waals surface area contributed by atoms with Crippen LogP contribution in [0.25, 0.3) is 11.0 Å². The number of alkyl halides is 3. The van der Waals surface area contributed by atoms with E-state index in [4.69, 9.17) is 4.74 Å². The van der Waals surface area contributed by atoms with E-state index in [0.717, 1.165) is 17.8 Å². The van der Waals surface area contributed by atoms with E-state index in [1.807, 2.05) is 12.1 Å². The van der Waals surface area contributed by atoms with E-state index in [2.05, 4.69) is 20.3 Å². The van der Waals surface area contributed by atoms with Gasteiger partial charge in [-0.1, -0.05) is 0 Å². The second-order valence-electron chi connectivity index (χ2n) is 6.55. The van der Waals surface area contributed by atoms with Crippen LogP contribution >= 0.6 is 11.8 Å². The van der Waals surface area contributed by atoms with Crippen molar-refractivity contribution < 1.29 is 22.3 Å². The Morgan fingerprint density at radius 3 is 2.58 bits per heavy atom. The predicted octanol–water partition coefficient (Wildman–Crippen LogP) is 6.16. The number of halogens is 4. The molecule has 2 aromatic carbocycles. The van der Waals surface area contributed by atoms with E-state index in [1.54, 1.807) is 12.1 Å². The molecule has 0 radical (unpaired) electrons. The Hall–Kier alpha value is -3.27. The van der Waals surface area contributed by atoms with Crippen LogP contribution in [-0.4, -0.2) is 22.1 Å². The molecule has 2 N–H and O–H groups in total. The Morgan fingerprint density at radius 2 is 1.84 bits per heavy atom. The Kier molecular flexibility index (Phi) is 5.73. The molecule has 2 heterocycles. The van der Waals surface area contributed by atoms with Crippen LogP contribution in [0, 0.1) is 5.82 Å². The predicted molar refractivity (Wildman–Crippen MR) is 111 cm³/mol. The average Bonchev–Trinajstić information content (AvgIpc) is 3.14. The number of aromatic amines is 1. The SMILES string of the molecule is COc1ccc(Nc2ccc3[nH]c(CSc4ccnc(C(F)(F)F)c4)nc3c2)cc1F. The molecular weight excluding hydrogens is 432 g/mol. The van der Waals surface area contributed by atoms with E-state index in [-0.39, 0.29) is 5.75 Å². The van der Waals surface area contributed by atoms with Crippen molar-refractivity contribution in [2.75, 3.05) is 12.4 Å². The lowest BCUT2D eigenvalue weighted by Crippen LogP contribution is -2.07. The highest BCUT2D eigenvalue weighted by atomic mass is 32.2. The Labute approximate surface area is 178 Å². The monoisotopic (exact) mass is 448 g/mol. The minimum Gasteiger partial charge on any atom is -0.494 e. The van der Waals surface area contributed by atoms with Gasteiger partial charge in [0.2, 0.25) is 0 Å². The van der Waals surface area contributed by atoms with Gasteiger partial charge in [-0.3, -0.25) is 4.98 Å². The molecule has 0 atom stereocenters. The lowest BCUT2D eigenvalue weighted by atomic mass is 10.2. The smallest absolute Gasteiger partial charge is 0.433 e. The molecule has 4 aromatic rings. The number of fused-ring (bicyclic) bond motifs is 1. The van der Waals surface area contributed by atoms with Gasteiger partial charge in [-0.15, -0.1) is 11.8 Å². The van der Waals surface area contributed by atoms with Gasteiger partial charge in [0.15, 0.2) is 11.6 Å². The van der Waals surface area contributed by atoms with Crippen molar-refractivity contribution in [3.63, 3.8) is 0 Å². The maximum atomic E-state index is 13.9. The Morgan fingerprint density at radius 1 is 1.06 bits per heavy atom. The maximum absolute atomic E-state index is 13.9. The highest BCUT2D eigenvalue weighted by molar-refractivity contribution is 7.98. The molecule has 4 rings (SSSR count). The molecule has 0 aliphatic heterocycles. The first kappa shape index (κ1) is 21.0. The molecule has 10 heteroatoms. The number of hydrogen-bond donors (Lipinski definition) is 2. The zero-order valence-electron chi connectivity index (χ0n) is 16.1. The number of anilines is 2. The fourth-order valence-corrected chi connectivity index (χ4v) is 3.72. The first-order chi connectivity index (χ1) is 14.8. The van der Waals surface area contributed by atoms with Crippen molar-refractivity contribution in [3.8, 4) is 5.75 Å². The summed E-state index contributed by atoms with van der Waals surface area (Å²) in [5, 5.41) is 3.11. The molecule has 160 valence electrons. The molecule has 0 spiro atoms. The van der Waals surface area contributed by atoms with Gasteiger partial charge in [0.25, 0.3) is 0 Å². The van der Waals surface area contributed by atoms with Crippen molar-refractivity contribution >= 4 is 34.2 Å². The van der Waals surface area contributed by atoms with Crippen molar-refractivity contribution in [2.24, 2.45) is 0 Å². The van der Waals surface area contributed by atoms with E-state index in [9.17, 15) is 17.6 Å². The van der Waals surface area contributed by atoms with Gasteiger partial charge in [-0.05, 0) is 42.5 Å². The van der Waals surface area contributed by atoms with Gasteiger partial charge in [-0.25, -0.2) is 9.37 Å². The molecule has 0 saturated heterocycles. The summed E-state index contributed by atoms with van der Waals surface area (Å²) in [6.45, 7) is 0. The first-order valence-electron chi connectivity index (χ1n) is 9.07. The molecule has 0 aliphatic carbocycles. The second-order valence-corrected chi connectivity index (χ2v) is 7.60. The topological polar surface area (TPSA) is 62.8 Å². The molecule has 0 bridgehead atoms. The molecule has 0 fully saturated rings. The highest BCUT2D eigenvalue weighted by Crippen LogP contribution is 2.31. The van der Waals surface area contributed by atoms with Crippen LogP contribution in [0.2, 0.25) is 0 Å². The number of H-pyrrole nitrogens is 1. The van der Waals surface area contributed by atoms with E-state index < -0.39 is 17.7 Å². The second kappa shape index (κ2) is 8.46. The summed E-state index contributed by atoms with van der Waals surface area (Å²) in [5.41, 5.74) is 1.81. The number of benzene rings is 2. The zero-order valence-corrected chi connectivity index (χ0v) is 16.9. The highest BCUT2D eigenvalue weighted by Gasteiger charge is 2.32. The van der Waals surface area contributed by atoms with Crippen molar-refractivity contribution in [1.29, 1.82) is 0 Å². The molecule has 0 aliphatic rings. The van der Waals surface area contributed by atoms with Gasteiger partial charge in [0.1, 0.15) is 11.5 Å². The van der Waals surface area contributed by atoms with Crippen LogP contribution in [0.5, 0.6) is 5.75 Å². The van der Waals surface area contributed by atoms with Crippen LogP contribution in [-0.2, 0) is 11.9 Å². The number of nitrogens with one attached hydrogen (secondary N) is 2. The van der Waals surface area contributed by atoms with Gasteiger partial charge in [0.05, 0.1) is 23.9 Å². The molecule has 31 heavy (non-hydrogen) atoms. The summed E-state index contributed by atoms with van der Waals surface area (Å²) in [6, 6.07) is 12.6. The standard InChI is InChI=1S/C21H16F4N4OS/c1-30-18-5-3-12(8-15(18)22)27-13-2-4-16-17(9-13)29-20(28-16)11-31-14-6-7-26-19(10-14)21(23,24)25/h2-10,27H,11H2,1H3,(H,28,29). The number of methoxy groups -OCH3 is 1. The van der Waals surface area contributed by atoms with Crippen molar-refractivity contribution in [2.45, 2.75) is 16.8 Å². The summed E-state index contributed by atoms with van der Waals surface area (Å²) in [7, 11) is 1.40. The summed E-state index contributed by atoms with van der Waals surface area (Å²) in [6.07, 6.45) is -3.34. The number of pyridine rings is 1. The third-order valence-corrected chi connectivity index (χ3v) is 5.38. The molecule has 0 saturated carbocycles. The Balaban J connectivity index is 1.47. The number of thioether (sulfide) groups is 1. The quantitative estimate of drug-likeness (QED) is 0.273. The number of imidazole rings is 1. The van der Waals surface area contributed by atoms with Crippen molar-refractivity contribution in [3.05, 3.63) is 72.1 Å². The van der Waals surface area contributed by atoms with Gasteiger partial charge in [-0.2, -0.15) is 13.2 Å². The van der Waals surface area contributed by atoms with Crippen LogP contribution in [0.3, 0.4) is 0 Å². The third kappa shape index (κ3) is 4.91. The molecular formula is C21H16F4N4OS. The molecule has 0 unspecified atom stereocenters. The van der Waals surface area contributed by atoms with Gasteiger partial charge >= 0.3 is 6.18 Å². The fourth-order valence-electron chi connectivity index (χ4n) is 2.92. The molecule has 0 amide bonds. The van der Waals surface area contributed by atoms with E-state index in [1.165, 1.54) is 37.1 Å². The lowest BCUT2D eigenvalue weighted by Gasteiger charge is -2.08. The van der Waals surface area contributed by atoms with Gasteiger partial charge < -0.3 is 15.0 Å². The van der Waals surface area contributed by atoms with Crippen LogP contribution in [0.1, 0.15) is 11.5 Å². The lowest BCUT2D eigenvalue weighted by molar-refractivity contribution is -0.141. The van der Waals surface area contributed by atoms with Crippen molar-refractivity contribution in [1.82, 2.24) is 15.0 Å². The van der Waals surface area contributed by atoms with Crippen LogP contribution in [0.15, 0.2) is 59.6 Å². The summed E-state index contributed by atoms with van der Waals surface area (Å²) < 4.78 is 57.2. The first-order valence-corrected chi connectivity index (χ1v) is 10.1. The van der Waals surface area contributed by atoms with E-state index >= 15 is 0 Å². The summed E-state index contributed by atoms with van der Waals surface area (Å²) in [4.78, 5) is 11.5. The third-order valence-electron chi connectivity index (χ3n) is 4.37. The number of ether oxygens (including phenoxy) is 1. The largest absolute Gasteiger partial charge is 0.494 e. The number of nitrogens with zero attached hydrogens (tertiary/aromatic N) is 2. The number of rotatable bonds is 6. The van der Waals surface area contributed by atoms with Gasteiger partial charge in [0, 0.05) is 28.5 Å². The van der Waals surface area contributed by atoms with Crippen LogP contribution in [0.4, 0.5) is 28.9 Å². The maximum Gasteiger partial charge on any atom is 0.433 e. The molecule has 2 aromatic heterocycles. The molecule has 5 nitrogen and oxygen atoms in total. The normalized spacial score (nSPS) is 11.6. The fraction of sp³-hybridized carbons (Fsp3) is 0.143. The minimum absolute atomic E-state index is 0.159. The Bertz CT molecular complexity index is 1230. The number of hydrogen-bond acceptors (Lipinski definition) is 5. The summed E-state index contributed by atoms with van der Waals surface area (Å²) >= 11 is 1.23.